The van der Waals surface area contributed by atoms with Crippen molar-refractivity contribution in [2.45, 2.75) is 13.5 Å². The molecule has 5 nitrogen and oxygen atoms in total. The zero-order valence-electron chi connectivity index (χ0n) is 16.2. The van der Waals surface area contributed by atoms with Crippen LogP contribution in [0.15, 0.2) is 71.8 Å². The topological polar surface area (TPSA) is 59.9 Å². The Labute approximate surface area is 174 Å². The average molecular weight is 409 g/mol. The van der Waals surface area contributed by atoms with Crippen LogP contribution in [-0.2, 0) is 6.61 Å². The summed E-state index contributed by atoms with van der Waals surface area (Å²) in [7, 11) is 1.57. The second-order valence-corrected chi connectivity index (χ2v) is 6.71. The molecule has 0 aliphatic carbocycles. The van der Waals surface area contributed by atoms with Gasteiger partial charge in [-0.15, -0.1) is 0 Å². The minimum Gasteiger partial charge on any atom is -0.493 e. The van der Waals surface area contributed by atoms with Crippen molar-refractivity contribution in [2.24, 2.45) is 5.10 Å². The van der Waals surface area contributed by atoms with Crippen molar-refractivity contribution < 1.29 is 14.3 Å². The molecule has 0 fully saturated rings. The summed E-state index contributed by atoms with van der Waals surface area (Å²) in [5.41, 5.74) is 5.67. The van der Waals surface area contributed by atoms with Gasteiger partial charge in [0.1, 0.15) is 6.61 Å². The zero-order valence-corrected chi connectivity index (χ0v) is 16.9. The van der Waals surface area contributed by atoms with Crippen molar-refractivity contribution in [2.75, 3.05) is 7.11 Å². The average Bonchev–Trinajstić information content (AvgIpc) is 2.74. The number of methoxy groups -OCH3 is 1. The van der Waals surface area contributed by atoms with Crippen LogP contribution in [-0.4, -0.2) is 19.2 Å². The van der Waals surface area contributed by atoms with Crippen LogP contribution in [0.4, 0.5) is 0 Å². The number of ether oxygens (including phenoxy) is 2. The van der Waals surface area contributed by atoms with Crippen molar-refractivity contribution >= 4 is 23.7 Å². The van der Waals surface area contributed by atoms with E-state index in [-0.39, 0.29) is 5.91 Å². The Morgan fingerprint density at radius 1 is 1.07 bits per heavy atom. The minimum atomic E-state index is -0.258. The Hall–Kier alpha value is -3.31. The summed E-state index contributed by atoms with van der Waals surface area (Å²) in [6.07, 6.45) is 1.55. The van der Waals surface area contributed by atoms with Gasteiger partial charge in [0, 0.05) is 16.1 Å². The quantitative estimate of drug-likeness (QED) is 0.442. The van der Waals surface area contributed by atoms with Gasteiger partial charge in [0.25, 0.3) is 5.91 Å². The fraction of sp³-hybridized carbons (Fsp3) is 0.130. The molecule has 0 aliphatic rings. The second kappa shape index (κ2) is 9.75. The number of amides is 1. The van der Waals surface area contributed by atoms with E-state index in [0.717, 1.165) is 16.7 Å². The number of nitrogens with zero attached hydrogens (tertiary/aromatic N) is 1. The maximum Gasteiger partial charge on any atom is 0.271 e. The van der Waals surface area contributed by atoms with Gasteiger partial charge in [0.15, 0.2) is 11.5 Å². The molecular formula is C23H21ClN2O3. The molecule has 29 heavy (non-hydrogen) atoms. The van der Waals surface area contributed by atoms with E-state index in [1.165, 1.54) is 0 Å². The Kier molecular flexibility index (Phi) is 6.87. The van der Waals surface area contributed by atoms with Crippen molar-refractivity contribution in [1.29, 1.82) is 0 Å². The van der Waals surface area contributed by atoms with Crippen LogP contribution < -0.4 is 14.9 Å². The largest absolute Gasteiger partial charge is 0.493 e. The van der Waals surface area contributed by atoms with Gasteiger partial charge < -0.3 is 9.47 Å². The Morgan fingerprint density at radius 3 is 2.59 bits per heavy atom. The molecular weight excluding hydrogens is 388 g/mol. The predicted octanol–water partition coefficient (Wildman–Crippen LogP) is 5.00. The first-order valence-electron chi connectivity index (χ1n) is 9.02. The Bertz CT molecular complexity index is 1030. The van der Waals surface area contributed by atoms with E-state index in [1.807, 2.05) is 55.5 Å². The van der Waals surface area contributed by atoms with Crippen molar-refractivity contribution in [3.8, 4) is 11.5 Å². The first-order valence-corrected chi connectivity index (χ1v) is 9.39. The van der Waals surface area contributed by atoms with Gasteiger partial charge in [-0.25, -0.2) is 5.43 Å². The zero-order chi connectivity index (χ0) is 20.6. The number of halogens is 1. The molecule has 0 saturated carbocycles. The summed E-state index contributed by atoms with van der Waals surface area (Å²) < 4.78 is 11.3. The van der Waals surface area contributed by atoms with Crippen LogP contribution in [0.25, 0.3) is 0 Å². The van der Waals surface area contributed by atoms with E-state index >= 15 is 0 Å². The summed E-state index contributed by atoms with van der Waals surface area (Å²) in [5, 5.41) is 4.68. The van der Waals surface area contributed by atoms with Crippen LogP contribution >= 0.6 is 11.6 Å². The monoisotopic (exact) mass is 408 g/mol. The lowest BCUT2D eigenvalue weighted by atomic mass is 10.1. The fourth-order valence-corrected chi connectivity index (χ4v) is 2.90. The molecule has 0 aliphatic heterocycles. The van der Waals surface area contributed by atoms with E-state index in [0.29, 0.717) is 28.7 Å². The lowest BCUT2D eigenvalue weighted by Crippen LogP contribution is -2.18. The van der Waals surface area contributed by atoms with Gasteiger partial charge in [-0.05, 0) is 48.4 Å². The predicted molar refractivity (Wildman–Crippen MR) is 115 cm³/mol. The number of hydrogen-bond donors (Lipinski definition) is 1. The number of aryl methyl sites for hydroxylation is 1. The molecule has 0 saturated heterocycles. The maximum atomic E-state index is 12.2. The first-order chi connectivity index (χ1) is 14.1. The molecule has 3 aromatic rings. The number of rotatable bonds is 7. The van der Waals surface area contributed by atoms with Gasteiger partial charge in [-0.1, -0.05) is 48.0 Å². The van der Waals surface area contributed by atoms with E-state index in [9.17, 15) is 4.79 Å². The second-order valence-electron chi connectivity index (χ2n) is 6.30. The van der Waals surface area contributed by atoms with Gasteiger partial charge in [-0.2, -0.15) is 5.10 Å². The Morgan fingerprint density at radius 2 is 1.83 bits per heavy atom. The minimum absolute atomic E-state index is 0.258. The highest BCUT2D eigenvalue weighted by atomic mass is 35.5. The first kappa shape index (κ1) is 20.4. The van der Waals surface area contributed by atoms with Gasteiger partial charge >= 0.3 is 0 Å². The summed E-state index contributed by atoms with van der Waals surface area (Å²) in [4.78, 5) is 12.2. The lowest BCUT2D eigenvalue weighted by molar-refractivity contribution is 0.0954. The summed E-state index contributed by atoms with van der Waals surface area (Å²) >= 11 is 6.16. The molecule has 3 aromatic carbocycles. The highest BCUT2D eigenvalue weighted by molar-refractivity contribution is 6.31. The van der Waals surface area contributed by atoms with Crippen LogP contribution in [0, 0.1) is 6.92 Å². The Balaban J connectivity index is 1.65. The van der Waals surface area contributed by atoms with E-state index < -0.39 is 0 Å². The molecule has 0 unspecified atom stereocenters. The van der Waals surface area contributed by atoms with Gasteiger partial charge in [0.05, 0.1) is 13.3 Å². The summed E-state index contributed by atoms with van der Waals surface area (Å²) in [6.45, 7) is 2.21. The van der Waals surface area contributed by atoms with Crippen LogP contribution in [0.5, 0.6) is 11.5 Å². The third kappa shape index (κ3) is 5.36. The molecule has 0 aromatic heterocycles. The van der Waals surface area contributed by atoms with E-state index in [1.54, 1.807) is 31.5 Å². The third-order valence-corrected chi connectivity index (χ3v) is 4.67. The summed E-state index contributed by atoms with van der Waals surface area (Å²) in [5.74, 6) is 0.894. The molecule has 1 N–H and O–H groups in total. The normalized spacial score (nSPS) is 10.7. The fourth-order valence-electron chi connectivity index (χ4n) is 2.71. The molecule has 1 amide bonds. The number of nitrogens with one attached hydrogen (secondary N) is 1. The smallest absolute Gasteiger partial charge is 0.271 e. The molecule has 0 radical (unpaired) electrons. The van der Waals surface area contributed by atoms with E-state index in [2.05, 4.69) is 10.5 Å². The molecule has 0 heterocycles. The van der Waals surface area contributed by atoms with Crippen LogP contribution in [0.2, 0.25) is 5.02 Å². The standard InChI is InChI=1S/C23H21ClN2O3/c1-16-7-3-5-9-19(16)23(27)26-25-14-17-11-12-21(22(13-17)28-2)29-15-18-8-4-6-10-20(18)24/h3-14H,15H2,1-2H3,(H,26,27)/b25-14+. The molecule has 0 spiro atoms. The van der Waals surface area contributed by atoms with Crippen LogP contribution in [0.3, 0.4) is 0 Å². The molecule has 148 valence electrons. The van der Waals surface area contributed by atoms with Crippen molar-refractivity contribution in [3.63, 3.8) is 0 Å². The molecule has 6 heteroatoms. The molecule has 3 rings (SSSR count). The number of carbonyl (C=O) groups is 1. The third-order valence-electron chi connectivity index (χ3n) is 4.30. The number of carbonyl (C=O) groups excluding carboxylic acids is 1. The molecule has 0 bridgehead atoms. The summed E-state index contributed by atoms with van der Waals surface area (Å²) in [6, 6.07) is 20.3. The van der Waals surface area contributed by atoms with Gasteiger partial charge in [-0.3, -0.25) is 4.79 Å². The van der Waals surface area contributed by atoms with Crippen molar-refractivity contribution in [3.05, 3.63) is 94.0 Å². The highest BCUT2D eigenvalue weighted by Crippen LogP contribution is 2.29. The maximum absolute atomic E-state index is 12.2. The lowest BCUT2D eigenvalue weighted by Gasteiger charge is -2.12. The molecule has 0 atom stereocenters. The van der Waals surface area contributed by atoms with Gasteiger partial charge in [0.2, 0.25) is 0 Å². The van der Waals surface area contributed by atoms with Crippen LogP contribution in [0.1, 0.15) is 27.0 Å². The number of hydrogen-bond acceptors (Lipinski definition) is 4. The number of hydrazone groups is 1. The SMILES string of the molecule is COc1cc(/C=N/NC(=O)c2ccccc2C)ccc1OCc1ccccc1Cl. The van der Waals surface area contributed by atoms with E-state index in [4.69, 9.17) is 21.1 Å². The highest BCUT2D eigenvalue weighted by Gasteiger charge is 2.08. The van der Waals surface area contributed by atoms with Crippen molar-refractivity contribution in [1.82, 2.24) is 5.43 Å². The number of benzene rings is 3.